The van der Waals surface area contributed by atoms with Crippen LogP contribution in [0.3, 0.4) is 0 Å². The van der Waals surface area contributed by atoms with Crippen molar-refractivity contribution in [3.63, 3.8) is 0 Å². The van der Waals surface area contributed by atoms with E-state index in [4.69, 9.17) is 0 Å². The van der Waals surface area contributed by atoms with E-state index in [-0.39, 0.29) is 11.8 Å². The Balaban J connectivity index is 1.99. The van der Waals surface area contributed by atoms with Crippen LogP contribution in [0, 0.1) is 0 Å². The lowest BCUT2D eigenvalue weighted by atomic mass is 10.2. The second-order valence-corrected chi connectivity index (χ2v) is 6.30. The van der Waals surface area contributed by atoms with Crippen molar-refractivity contribution in [2.75, 3.05) is 29.2 Å². The van der Waals surface area contributed by atoms with E-state index in [0.29, 0.717) is 12.2 Å². The Morgan fingerprint density at radius 1 is 1.19 bits per heavy atom. The van der Waals surface area contributed by atoms with E-state index in [1.54, 1.807) is 0 Å². The summed E-state index contributed by atoms with van der Waals surface area (Å²) >= 11 is 0. The zero-order valence-corrected chi connectivity index (χ0v) is 10.0. The molecule has 88 valence electrons. The molecule has 0 spiro atoms. The van der Waals surface area contributed by atoms with Gasteiger partial charge < -0.3 is 10.6 Å². The highest BCUT2D eigenvalue weighted by Crippen LogP contribution is 2.19. The fourth-order valence-electron chi connectivity index (χ4n) is 1.88. The average Bonchev–Trinajstić information content (AvgIpc) is 2.59. The highest BCUT2D eigenvalue weighted by molar-refractivity contribution is 7.91. The van der Waals surface area contributed by atoms with Crippen molar-refractivity contribution in [2.45, 2.75) is 12.5 Å². The van der Waals surface area contributed by atoms with Gasteiger partial charge in [0.1, 0.15) is 0 Å². The zero-order chi connectivity index (χ0) is 11.6. The van der Waals surface area contributed by atoms with Gasteiger partial charge in [0, 0.05) is 24.5 Å². The van der Waals surface area contributed by atoms with Gasteiger partial charge in [0.2, 0.25) is 0 Å². The molecule has 4 nitrogen and oxygen atoms in total. The first-order valence-corrected chi connectivity index (χ1v) is 7.16. The summed E-state index contributed by atoms with van der Waals surface area (Å²) in [5.41, 5.74) is 2.02. The van der Waals surface area contributed by atoms with Gasteiger partial charge in [0.15, 0.2) is 9.84 Å². The number of sulfone groups is 1. The first kappa shape index (κ1) is 11.3. The lowest BCUT2D eigenvalue weighted by Gasteiger charge is -2.12. The number of benzene rings is 1. The molecule has 0 aromatic heterocycles. The number of hydrogen-bond donors (Lipinski definition) is 2. The molecule has 0 aliphatic carbocycles. The fourth-order valence-corrected chi connectivity index (χ4v) is 3.55. The van der Waals surface area contributed by atoms with Crippen molar-refractivity contribution in [2.24, 2.45) is 0 Å². The molecule has 0 radical (unpaired) electrons. The summed E-state index contributed by atoms with van der Waals surface area (Å²) in [5, 5.41) is 6.28. The van der Waals surface area contributed by atoms with Crippen LogP contribution < -0.4 is 10.6 Å². The Morgan fingerprint density at radius 3 is 2.31 bits per heavy atom. The Labute approximate surface area is 96.0 Å². The Hall–Kier alpha value is -1.23. The van der Waals surface area contributed by atoms with Crippen LogP contribution in [0.4, 0.5) is 11.4 Å². The summed E-state index contributed by atoms with van der Waals surface area (Å²) in [6, 6.07) is 7.90. The fraction of sp³-hybridized carbons (Fsp3) is 0.455. The topological polar surface area (TPSA) is 58.2 Å². The second-order valence-electron chi connectivity index (χ2n) is 4.07. The molecule has 16 heavy (non-hydrogen) atoms. The third kappa shape index (κ3) is 2.66. The van der Waals surface area contributed by atoms with E-state index in [1.807, 2.05) is 31.3 Å². The molecule has 1 fully saturated rings. The second kappa shape index (κ2) is 4.33. The quantitative estimate of drug-likeness (QED) is 0.837. The summed E-state index contributed by atoms with van der Waals surface area (Å²) in [6.07, 6.45) is 0.704. The highest BCUT2D eigenvalue weighted by Gasteiger charge is 2.27. The summed E-state index contributed by atoms with van der Waals surface area (Å²) < 4.78 is 22.6. The number of rotatable bonds is 3. The van der Waals surface area contributed by atoms with Crippen LogP contribution in [0.15, 0.2) is 24.3 Å². The minimum atomic E-state index is -2.80. The Morgan fingerprint density at radius 2 is 1.81 bits per heavy atom. The molecule has 1 saturated heterocycles. The van der Waals surface area contributed by atoms with Gasteiger partial charge in [-0.15, -0.1) is 0 Å². The molecule has 1 atom stereocenters. The van der Waals surface area contributed by atoms with E-state index >= 15 is 0 Å². The summed E-state index contributed by atoms with van der Waals surface area (Å²) in [4.78, 5) is 0. The number of nitrogens with one attached hydrogen (secondary N) is 2. The third-order valence-electron chi connectivity index (χ3n) is 2.78. The molecule has 1 aromatic carbocycles. The van der Waals surface area contributed by atoms with Crippen LogP contribution in [0.25, 0.3) is 0 Å². The van der Waals surface area contributed by atoms with Crippen molar-refractivity contribution in [1.29, 1.82) is 0 Å². The van der Waals surface area contributed by atoms with Gasteiger partial charge in [0.05, 0.1) is 11.5 Å². The van der Waals surface area contributed by atoms with Crippen molar-refractivity contribution < 1.29 is 8.42 Å². The van der Waals surface area contributed by atoms with Crippen molar-refractivity contribution in [3.8, 4) is 0 Å². The van der Waals surface area contributed by atoms with Gasteiger partial charge >= 0.3 is 0 Å². The summed E-state index contributed by atoms with van der Waals surface area (Å²) in [5.74, 6) is 0.556. The van der Waals surface area contributed by atoms with Crippen molar-refractivity contribution in [3.05, 3.63) is 24.3 Å². The normalized spacial score (nSPS) is 22.9. The van der Waals surface area contributed by atoms with Gasteiger partial charge in [-0.05, 0) is 30.7 Å². The maximum atomic E-state index is 11.3. The average molecular weight is 240 g/mol. The molecule has 0 amide bonds. The highest BCUT2D eigenvalue weighted by atomic mass is 32.2. The molecule has 1 unspecified atom stereocenters. The molecular weight excluding hydrogens is 224 g/mol. The predicted molar refractivity (Wildman–Crippen MR) is 66.7 cm³/mol. The van der Waals surface area contributed by atoms with Crippen LogP contribution in [0.2, 0.25) is 0 Å². The Bertz CT molecular complexity index is 453. The first-order valence-electron chi connectivity index (χ1n) is 5.34. The van der Waals surface area contributed by atoms with Gasteiger partial charge in [-0.1, -0.05) is 0 Å². The van der Waals surface area contributed by atoms with Gasteiger partial charge in [0.25, 0.3) is 0 Å². The Kier molecular flexibility index (Phi) is 3.05. The van der Waals surface area contributed by atoms with Gasteiger partial charge in [-0.2, -0.15) is 0 Å². The van der Waals surface area contributed by atoms with Gasteiger partial charge in [-0.3, -0.25) is 0 Å². The third-order valence-corrected chi connectivity index (χ3v) is 4.54. The summed E-state index contributed by atoms with van der Waals surface area (Å²) in [6.45, 7) is 0. The smallest absolute Gasteiger partial charge is 0.152 e. The minimum absolute atomic E-state index is 0.0606. The monoisotopic (exact) mass is 240 g/mol. The molecule has 0 saturated carbocycles. The molecule has 0 bridgehead atoms. The first-order chi connectivity index (χ1) is 7.59. The largest absolute Gasteiger partial charge is 0.388 e. The van der Waals surface area contributed by atoms with E-state index in [2.05, 4.69) is 10.6 Å². The lowest BCUT2D eigenvalue weighted by molar-refractivity contribution is 0.602. The standard InChI is InChI=1S/C11H16N2O2S/c1-12-9-2-4-10(5-3-9)13-11-6-7-16(14,15)8-11/h2-5,11-13H,6-8H2,1H3. The van der Waals surface area contributed by atoms with Crippen LogP contribution in [-0.2, 0) is 9.84 Å². The molecule has 5 heteroatoms. The molecule has 1 aliphatic rings. The number of anilines is 2. The van der Waals surface area contributed by atoms with Crippen LogP contribution in [-0.4, -0.2) is 33.0 Å². The van der Waals surface area contributed by atoms with E-state index < -0.39 is 9.84 Å². The molecule has 2 N–H and O–H groups in total. The van der Waals surface area contributed by atoms with Crippen LogP contribution in [0.5, 0.6) is 0 Å². The lowest BCUT2D eigenvalue weighted by Crippen LogP contribution is -2.20. The maximum Gasteiger partial charge on any atom is 0.152 e. The van der Waals surface area contributed by atoms with Crippen LogP contribution >= 0.6 is 0 Å². The van der Waals surface area contributed by atoms with Crippen LogP contribution in [0.1, 0.15) is 6.42 Å². The van der Waals surface area contributed by atoms with Gasteiger partial charge in [-0.25, -0.2) is 8.42 Å². The minimum Gasteiger partial charge on any atom is -0.388 e. The summed E-state index contributed by atoms with van der Waals surface area (Å²) in [7, 11) is -0.936. The van der Waals surface area contributed by atoms with Crippen molar-refractivity contribution >= 4 is 21.2 Å². The van der Waals surface area contributed by atoms with E-state index in [0.717, 1.165) is 11.4 Å². The van der Waals surface area contributed by atoms with Crippen molar-refractivity contribution in [1.82, 2.24) is 0 Å². The predicted octanol–water partition coefficient (Wildman–Crippen LogP) is 1.33. The molecule has 1 aliphatic heterocycles. The van der Waals surface area contributed by atoms with E-state index in [1.165, 1.54) is 0 Å². The van der Waals surface area contributed by atoms with E-state index in [9.17, 15) is 8.42 Å². The molecule has 2 rings (SSSR count). The molecular formula is C11H16N2O2S. The molecule has 1 aromatic rings. The SMILES string of the molecule is CNc1ccc(NC2CCS(=O)(=O)C2)cc1. The maximum absolute atomic E-state index is 11.3. The molecule has 1 heterocycles. The number of hydrogen-bond acceptors (Lipinski definition) is 4. The zero-order valence-electron chi connectivity index (χ0n) is 9.23.